The minimum atomic E-state index is -3.62. The summed E-state index contributed by atoms with van der Waals surface area (Å²) in [5.41, 5.74) is 1.17. The molecule has 1 atom stereocenters. The van der Waals surface area contributed by atoms with Gasteiger partial charge < -0.3 is 10.1 Å². The van der Waals surface area contributed by atoms with Crippen molar-refractivity contribution in [1.82, 2.24) is 9.62 Å². The van der Waals surface area contributed by atoms with Crippen molar-refractivity contribution >= 4 is 27.5 Å². The molecule has 1 unspecified atom stereocenters. The maximum Gasteiger partial charge on any atom is 0.253 e. The van der Waals surface area contributed by atoms with Gasteiger partial charge in [-0.3, -0.25) is 4.79 Å². The molecule has 0 bridgehead atoms. The van der Waals surface area contributed by atoms with Gasteiger partial charge in [0.15, 0.2) is 0 Å². The van der Waals surface area contributed by atoms with E-state index in [-0.39, 0.29) is 27.4 Å². The van der Waals surface area contributed by atoms with Crippen LogP contribution in [0.15, 0.2) is 47.4 Å². The maximum atomic E-state index is 13.1. The van der Waals surface area contributed by atoms with Crippen molar-refractivity contribution in [3.63, 3.8) is 0 Å². The van der Waals surface area contributed by atoms with Gasteiger partial charge >= 0.3 is 0 Å². The van der Waals surface area contributed by atoms with Crippen LogP contribution in [0.25, 0.3) is 0 Å². The Kier molecular flexibility index (Phi) is 6.04. The van der Waals surface area contributed by atoms with Crippen LogP contribution in [0.4, 0.5) is 0 Å². The Hall–Kier alpha value is -2.09. The van der Waals surface area contributed by atoms with Crippen LogP contribution in [-0.4, -0.2) is 38.8 Å². The summed E-state index contributed by atoms with van der Waals surface area (Å²) in [5, 5.41) is 3.30. The predicted molar refractivity (Wildman–Crippen MR) is 115 cm³/mol. The third-order valence-corrected chi connectivity index (χ3v) is 7.96. The first kappa shape index (κ1) is 21.2. The zero-order valence-corrected chi connectivity index (χ0v) is 18.4. The molecule has 30 heavy (non-hydrogen) atoms. The molecule has 1 heterocycles. The number of methoxy groups -OCH3 is 1. The van der Waals surface area contributed by atoms with Gasteiger partial charge in [0.2, 0.25) is 10.0 Å². The molecule has 8 heteroatoms. The topological polar surface area (TPSA) is 75.7 Å². The molecule has 6 nitrogen and oxygen atoms in total. The smallest absolute Gasteiger partial charge is 0.253 e. The molecule has 160 valence electrons. The van der Waals surface area contributed by atoms with Crippen LogP contribution in [0.5, 0.6) is 5.75 Å². The summed E-state index contributed by atoms with van der Waals surface area (Å²) < 4.78 is 32.4. The van der Waals surface area contributed by atoms with E-state index in [0.29, 0.717) is 19.0 Å². The number of ether oxygens (including phenoxy) is 1. The average molecular weight is 449 g/mol. The molecule has 1 amide bonds. The van der Waals surface area contributed by atoms with E-state index in [0.717, 1.165) is 37.0 Å². The van der Waals surface area contributed by atoms with Crippen LogP contribution in [0.2, 0.25) is 5.02 Å². The first-order chi connectivity index (χ1) is 14.4. The lowest BCUT2D eigenvalue weighted by Crippen LogP contribution is -2.31. The number of carbonyl (C=O) groups is 1. The van der Waals surface area contributed by atoms with E-state index < -0.39 is 10.0 Å². The van der Waals surface area contributed by atoms with Gasteiger partial charge in [-0.1, -0.05) is 23.7 Å². The number of amides is 1. The Balaban J connectivity index is 1.58. The van der Waals surface area contributed by atoms with E-state index >= 15 is 0 Å². The quantitative estimate of drug-likeness (QED) is 0.694. The summed E-state index contributed by atoms with van der Waals surface area (Å²) in [4.78, 5) is 13.2. The third kappa shape index (κ3) is 4.33. The molecule has 0 radical (unpaired) electrons. The fourth-order valence-corrected chi connectivity index (χ4v) is 5.60. The Labute approximate surface area is 182 Å². The normalized spacial score (nSPS) is 18.2. The molecule has 2 aromatic carbocycles. The van der Waals surface area contributed by atoms with Gasteiger partial charge in [-0.25, -0.2) is 8.42 Å². The second-order valence-corrected chi connectivity index (χ2v) is 10.2. The standard InChI is InChI=1S/C22H25ClN2O4S/c1-29-17-8-6-16(7-9-17)21(15-4-5-15)24-22(26)19-14-18(10-11-20(19)23)30(27,28)25-12-2-3-13-25/h6-11,14-15,21H,2-5,12-13H2,1H3,(H,24,26). The first-order valence-electron chi connectivity index (χ1n) is 10.1. The lowest BCUT2D eigenvalue weighted by atomic mass is 10.0. The highest BCUT2D eigenvalue weighted by Crippen LogP contribution is 2.41. The number of hydrogen-bond acceptors (Lipinski definition) is 4. The fourth-order valence-electron chi connectivity index (χ4n) is 3.85. The van der Waals surface area contributed by atoms with Crippen LogP contribution in [0.3, 0.4) is 0 Å². The molecule has 1 aliphatic carbocycles. The van der Waals surface area contributed by atoms with Crippen molar-refractivity contribution in [3.05, 3.63) is 58.6 Å². The number of rotatable bonds is 7. The van der Waals surface area contributed by atoms with Crippen LogP contribution >= 0.6 is 11.6 Å². The van der Waals surface area contributed by atoms with Gasteiger partial charge in [-0.15, -0.1) is 0 Å². The van der Waals surface area contributed by atoms with Crippen molar-refractivity contribution in [3.8, 4) is 5.75 Å². The summed E-state index contributed by atoms with van der Waals surface area (Å²) in [7, 11) is -2.01. The van der Waals surface area contributed by atoms with Crippen LogP contribution in [0, 0.1) is 5.92 Å². The molecule has 0 aromatic heterocycles. The van der Waals surface area contributed by atoms with Gasteiger partial charge in [0, 0.05) is 13.1 Å². The number of sulfonamides is 1. The number of nitrogens with zero attached hydrogens (tertiary/aromatic N) is 1. The highest BCUT2D eigenvalue weighted by Gasteiger charge is 2.34. The number of nitrogens with one attached hydrogen (secondary N) is 1. The SMILES string of the molecule is COc1ccc(C(NC(=O)c2cc(S(=O)(=O)N3CCCC3)ccc2Cl)C2CC2)cc1. The Bertz CT molecular complexity index is 1030. The van der Waals surface area contributed by atoms with Crippen LogP contribution < -0.4 is 10.1 Å². The molecule has 2 aromatic rings. The molecule has 2 aliphatic rings. The molecule has 1 saturated heterocycles. The van der Waals surface area contributed by atoms with Crippen molar-refractivity contribution < 1.29 is 17.9 Å². The van der Waals surface area contributed by atoms with E-state index in [1.165, 1.54) is 22.5 Å². The van der Waals surface area contributed by atoms with Gasteiger partial charge in [0.25, 0.3) is 5.91 Å². The summed E-state index contributed by atoms with van der Waals surface area (Å²) >= 11 is 6.28. The zero-order chi connectivity index (χ0) is 21.3. The minimum absolute atomic E-state index is 0.103. The third-order valence-electron chi connectivity index (χ3n) is 5.74. The first-order valence-corrected chi connectivity index (χ1v) is 12.0. The van der Waals surface area contributed by atoms with Crippen LogP contribution in [-0.2, 0) is 10.0 Å². The number of benzene rings is 2. The van der Waals surface area contributed by atoms with Gasteiger partial charge in [0.1, 0.15) is 5.75 Å². The highest BCUT2D eigenvalue weighted by atomic mass is 35.5. The Morgan fingerprint density at radius 1 is 1.13 bits per heavy atom. The zero-order valence-electron chi connectivity index (χ0n) is 16.8. The molecule has 4 rings (SSSR count). The number of halogens is 1. The minimum Gasteiger partial charge on any atom is -0.497 e. The predicted octanol–water partition coefficient (Wildman–Crippen LogP) is 4.01. The highest BCUT2D eigenvalue weighted by molar-refractivity contribution is 7.89. The lowest BCUT2D eigenvalue weighted by molar-refractivity contribution is 0.0931. The van der Waals surface area contributed by atoms with E-state index in [2.05, 4.69) is 5.32 Å². The van der Waals surface area contributed by atoms with Crippen molar-refractivity contribution in [2.75, 3.05) is 20.2 Å². The molecule has 2 fully saturated rings. The molecular weight excluding hydrogens is 424 g/mol. The second kappa shape index (κ2) is 8.57. The Morgan fingerprint density at radius 3 is 2.40 bits per heavy atom. The van der Waals surface area contributed by atoms with E-state index in [1.54, 1.807) is 7.11 Å². The van der Waals surface area contributed by atoms with E-state index in [1.807, 2.05) is 24.3 Å². The molecule has 0 spiro atoms. The molecule has 1 aliphatic heterocycles. The summed E-state index contributed by atoms with van der Waals surface area (Å²) in [6, 6.07) is 11.8. The monoisotopic (exact) mass is 448 g/mol. The van der Waals surface area contributed by atoms with Gasteiger partial charge in [0.05, 0.1) is 28.6 Å². The average Bonchev–Trinajstić information content (AvgIpc) is 3.43. The van der Waals surface area contributed by atoms with E-state index in [9.17, 15) is 13.2 Å². The van der Waals surface area contributed by atoms with Gasteiger partial charge in [-0.05, 0) is 67.5 Å². The van der Waals surface area contributed by atoms with Crippen molar-refractivity contribution in [2.45, 2.75) is 36.6 Å². The van der Waals surface area contributed by atoms with Crippen molar-refractivity contribution in [2.24, 2.45) is 5.92 Å². The van der Waals surface area contributed by atoms with Gasteiger partial charge in [-0.2, -0.15) is 4.31 Å². The molecule has 1 saturated carbocycles. The maximum absolute atomic E-state index is 13.1. The number of hydrogen-bond donors (Lipinski definition) is 1. The summed E-state index contributed by atoms with van der Waals surface area (Å²) in [6.45, 7) is 1.02. The fraction of sp³-hybridized carbons (Fsp3) is 0.409. The summed E-state index contributed by atoms with van der Waals surface area (Å²) in [6.07, 6.45) is 3.78. The lowest BCUT2D eigenvalue weighted by Gasteiger charge is -2.20. The van der Waals surface area contributed by atoms with Crippen LogP contribution in [0.1, 0.15) is 47.6 Å². The largest absolute Gasteiger partial charge is 0.497 e. The molecule has 1 N–H and O–H groups in total. The Morgan fingerprint density at radius 2 is 1.80 bits per heavy atom. The number of carbonyl (C=O) groups excluding carboxylic acids is 1. The van der Waals surface area contributed by atoms with Crippen molar-refractivity contribution in [1.29, 1.82) is 0 Å². The second-order valence-electron chi connectivity index (χ2n) is 7.81. The molecular formula is C22H25ClN2O4S. The van der Waals surface area contributed by atoms with E-state index in [4.69, 9.17) is 16.3 Å². The summed E-state index contributed by atoms with van der Waals surface area (Å²) in [5.74, 6) is 0.742.